The number of nitrogens with one attached hydrogen (secondary N) is 1. The molecule has 3 aromatic rings. The summed E-state index contributed by atoms with van der Waals surface area (Å²) in [6.45, 7) is 8.83. The van der Waals surface area contributed by atoms with E-state index >= 15 is 0 Å². The number of carbonyl (C=O) groups is 1. The normalized spacial score (nSPS) is 13.7. The predicted molar refractivity (Wildman–Crippen MR) is 128 cm³/mol. The summed E-state index contributed by atoms with van der Waals surface area (Å²) in [5.74, 6) is 0.551. The fourth-order valence-corrected chi connectivity index (χ4v) is 3.93. The minimum Gasteiger partial charge on any atom is -0.462 e. The van der Waals surface area contributed by atoms with Crippen molar-refractivity contribution in [2.24, 2.45) is 10.7 Å². The van der Waals surface area contributed by atoms with Gasteiger partial charge in [-0.2, -0.15) is 5.26 Å². The van der Waals surface area contributed by atoms with Crippen LogP contribution < -0.4 is 11.1 Å². The lowest BCUT2D eigenvalue weighted by atomic mass is 10.0. The first-order chi connectivity index (χ1) is 15.7. The molecule has 1 aliphatic heterocycles. The first kappa shape index (κ1) is 22.1. The van der Waals surface area contributed by atoms with Crippen molar-refractivity contribution in [1.82, 2.24) is 14.9 Å². The Morgan fingerprint density at radius 2 is 2.06 bits per heavy atom. The summed E-state index contributed by atoms with van der Waals surface area (Å²) in [4.78, 5) is 21.8. The molecular weight excluding hydrogens is 416 g/mol. The quantitative estimate of drug-likeness (QED) is 0.594. The fourth-order valence-electron chi connectivity index (χ4n) is 3.93. The maximum atomic E-state index is 12.7. The average Bonchev–Trinajstić information content (AvgIpc) is 3.18. The van der Waals surface area contributed by atoms with Gasteiger partial charge >= 0.3 is 5.97 Å². The molecule has 0 fully saturated rings. The third-order valence-electron chi connectivity index (χ3n) is 5.40. The number of carbonyl (C=O) groups excluding carboxylic acids is 1. The molecule has 8 nitrogen and oxygen atoms in total. The maximum absolute atomic E-state index is 12.7. The zero-order valence-electron chi connectivity index (χ0n) is 19.1. The molecule has 1 aromatic heterocycles. The monoisotopic (exact) mass is 442 g/mol. The molecule has 0 unspecified atom stereocenters. The second-order valence-corrected chi connectivity index (χ2v) is 8.76. The second kappa shape index (κ2) is 8.43. The van der Waals surface area contributed by atoms with Crippen molar-refractivity contribution < 1.29 is 9.53 Å². The topological polar surface area (TPSA) is 118 Å². The third kappa shape index (κ3) is 4.17. The van der Waals surface area contributed by atoms with Crippen LogP contribution >= 0.6 is 0 Å². The fraction of sp³-hybridized carbons (Fsp3) is 0.280. The molecule has 4 rings (SSSR count). The summed E-state index contributed by atoms with van der Waals surface area (Å²) >= 11 is 0. The van der Waals surface area contributed by atoms with Crippen LogP contribution in [0.25, 0.3) is 28.0 Å². The van der Waals surface area contributed by atoms with Crippen LogP contribution in [-0.4, -0.2) is 34.6 Å². The first-order valence-corrected chi connectivity index (χ1v) is 10.7. The van der Waals surface area contributed by atoms with Crippen LogP contribution in [-0.2, 0) is 10.3 Å². The molecule has 0 bridgehead atoms. The highest BCUT2D eigenvalue weighted by molar-refractivity contribution is 5.98. The molecule has 33 heavy (non-hydrogen) atoms. The summed E-state index contributed by atoms with van der Waals surface area (Å²) in [5.41, 5.74) is 10.4. The van der Waals surface area contributed by atoms with E-state index in [9.17, 15) is 10.1 Å². The van der Waals surface area contributed by atoms with Crippen LogP contribution in [0.5, 0.6) is 0 Å². The number of fused-ring (bicyclic) bond motifs is 1. The van der Waals surface area contributed by atoms with Crippen molar-refractivity contribution in [2.75, 3.05) is 13.2 Å². The Bertz CT molecular complexity index is 1350. The highest BCUT2D eigenvalue weighted by Gasteiger charge is 2.26. The molecule has 0 saturated heterocycles. The van der Waals surface area contributed by atoms with Gasteiger partial charge in [-0.3, -0.25) is 0 Å². The maximum Gasteiger partial charge on any atom is 0.338 e. The molecule has 0 aliphatic carbocycles. The average molecular weight is 443 g/mol. The minimum atomic E-state index is -0.445. The van der Waals surface area contributed by atoms with Gasteiger partial charge in [0.2, 0.25) is 0 Å². The third-order valence-corrected chi connectivity index (χ3v) is 5.40. The Balaban J connectivity index is 1.96. The van der Waals surface area contributed by atoms with Crippen molar-refractivity contribution in [3.05, 3.63) is 59.3 Å². The summed E-state index contributed by atoms with van der Waals surface area (Å²) in [6, 6.07) is 13.2. The molecule has 2 aromatic carbocycles. The molecule has 0 spiro atoms. The predicted octanol–water partition coefficient (Wildman–Crippen LogP) is 3.77. The van der Waals surface area contributed by atoms with E-state index in [1.54, 1.807) is 31.3 Å². The standard InChI is InChI=1S/C25H26N6O2/c1-5-33-23(32)18-8-6-15(12-26)10-19(18)22-30-20-11-16(17-13-28-24(27)29-14-17)7-9-21(20)31(22)25(2,3)4/h6-11,13H,5,14H2,1-4H3,(H3,27,28,29). The van der Waals surface area contributed by atoms with Crippen LogP contribution in [0.1, 0.15) is 49.2 Å². The molecule has 0 radical (unpaired) electrons. The Kier molecular flexibility index (Phi) is 5.64. The number of nitrogens with two attached hydrogens (primary N) is 1. The number of hydrogen-bond donors (Lipinski definition) is 2. The zero-order chi connectivity index (χ0) is 23.8. The van der Waals surface area contributed by atoms with E-state index in [0.717, 1.165) is 22.2 Å². The van der Waals surface area contributed by atoms with Gasteiger partial charge in [-0.1, -0.05) is 6.07 Å². The van der Waals surface area contributed by atoms with Crippen LogP contribution in [0.2, 0.25) is 0 Å². The molecule has 1 aliphatic rings. The molecular formula is C25H26N6O2. The number of benzene rings is 2. The number of rotatable bonds is 4. The number of ether oxygens (including phenoxy) is 1. The number of nitrogens with zero attached hydrogens (tertiary/aromatic N) is 4. The molecule has 3 N–H and O–H groups in total. The zero-order valence-corrected chi connectivity index (χ0v) is 19.1. The number of aromatic nitrogens is 2. The first-order valence-electron chi connectivity index (χ1n) is 10.7. The van der Waals surface area contributed by atoms with Gasteiger partial charge in [-0.25, -0.2) is 14.8 Å². The summed E-state index contributed by atoms with van der Waals surface area (Å²) in [5, 5.41) is 12.5. The van der Waals surface area contributed by atoms with Crippen LogP contribution in [0.15, 0.2) is 47.6 Å². The largest absolute Gasteiger partial charge is 0.462 e. The van der Waals surface area contributed by atoms with Gasteiger partial charge in [0, 0.05) is 23.8 Å². The van der Waals surface area contributed by atoms with Gasteiger partial charge in [-0.15, -0.1) is 0 Å². The molecule has 8 heteroatoms. The van der Waals surface area contributed by atoms with E-state index in [1.807, 2.05) is 18.2 Å². The van der Waals surface area contributed by atoms with Gasteiger partial charge in [0.25, 0.3) is 0 Å². The SMILES string of the molecule is CCOC(=O)c1ccc(C#N)cc1-c1nc2cc(C3=CN=C(N)NC3)ccc2n1C(C)(C)C. The number of hydrogen-bond acceptors (Lipinski definition) is 7. The van der Waals surface area contributed by atoms with E-state index in [4.69, 9.17) is 15.5 Å². The molecule has 0 saturated carbocycles. The van der Waals surface area contributed by atoms with Crippen LogP contribution in [0.3, 0.4) is 0 Å². The smallest absolute Gasteiger partial charge is 0.338 e. The Labute approximate surface area is 192 Å². The van der Waals surface area contributed by atoms with Gasteiger partial charge in [0.15, 0.2) is 5.96 Å². The van der Waals surface area contributed by atoms with Gasteiger partial charge in [0.1, 0.15) is 5.82 Å². The molecule has 0 atom stereocenters. The van der Waals surface area contributed by atoms with E-state index in [-0.39, 0.29) is 12.1 Å². The van der Waals surface area contributed by atoms with E-state index in [0.29, 0.717) is 35.0 Å². The summed E-state index contributed by atoms with van der Waals surface area (Å²) in [7, 11) is 0. The number of aliphatic imine (C=N–C) groups is 1. The lowest BCUT2D eigenvalue weighted by Gasteiger charge is -2.25. The van der Waals surface area contributed by atoms with E-state index < -0.39 is 5.97 Å². The lowest BCUT2D eigenvalue weighted by molar-refractivity contribution is 0.0527. The van der Waals surface area contributed by atoms with Crippen molar-refractivity contribution in [1.29, 1.82) is 5.26 Å². The van der Waals surface area contributed by atoms with E-state index in [2.05, 4.69) is 41.7 Å². The van der Waals surface area contributed by atoms with Gasteiger partial charge in [-0.05, 0) is 69.2 Å². The number of esters is 1. The second-order valence-electron chi connectivity index (χ2n) is 8.76. The van der Waals surface area contributed by atoms with Crippen LogP contribution in [0.4, 0.5) is 0 Å². The summed E-state index contributed by atoms with van der Waals surface area (Å²) < 4.78 is 7.37. The van der Waals surface area contributed by atoms with E-state index in [1.165, 1.54) is 0 Å². The Hall–Kier alpha value is -4.12. The number of imidazole rings is 1. The minimum absolute atomic E-state index is 0.257. The number of guanidine groups is 1. The van der Waals surface area contributed by atoms with Crippen LogP contribution in [0, 0.1) is 11.3 Å². The van der Waals surface area contributed by atoms with Crippen molar-refractivity contribution in [3.8, 4) is 17.5 Å². The summed E-state index contributed by atoms with van der Waals surface area (Å²) in [6.07, 6.45) is 1.75. The lowest BCUT2D eigenvalue weighted by Crippen LogP contribution is -2.34. The van der Waals surface area contributed by atoms with Crippen molar-refractivity contribution in [3.63, 3.8) is 0 Å². The van der Waals surface area contributed by atoms with Gasteiger partial charge < -0.3 is 20.4 Å². The van der Waals surface area contributed by atoms with Crippen molar-refractivity contribution in [2.45, 2.75) is 33.2 Å². The Morgan fingerprint density at radius 1 is 1.27 bits per heavy atom. The highest BCUT2D eigenvalue weighted by Crippen LogP contribution is 2.35. The van der Waals surface area contributed by atoms with Gasteiger partial charge in [0.05, 0.1) is 34.8 Å². The van der Waals surface area contributed by atoms with Crippen molar-refractivity contribution >= 4 is 28.5 Å². The molecule has 2 heterocycles. The highest BCUT2D eigenvalue weighted by atomic mass is 16.5. The molecule has 168 valence electrons. The molecule has 0 amide bonds. The number of nitriles is 1. The Morgan fingerprint density at radius 3 is 2.70 bits per heavy atom.